The van der Waals surface area contributed by atoms with Gasteiger partial charge in [0.25, 0.3) is 0 Å². The van der Waals surface area contributed by atoms with E-state index < -0.39 is 0 Å². The molecule has 0 amide bonds. The van der Waals surface area contributed by atoms with E-state index in [-0.39, 0.29) is 24.0 Å². The van der Waals surface area contributed by atoms with Crippen molar-refractivity contribution in [2.45, 2.75) is 33.9 Å². The van der Waals surface area contributed by atoms with E-state index in [1.807, 2.05) is 32.0 Å². The second-order valence-corrected chi connectivity index (χ2v) is 5.16. The molecular weight excluding hydrogens is 417 g/mol. The van der Waals surface area contributed by atoms with Crippen LogP contribution in [0.25, 0.3) is 0 Å². The second-order valence-electron chi connectivity index (χ2n) is 5.16. The maximum absolute atomic E-state index is 5.56. The van der Waals surface area contributed by atoms with Gasteiger partial charge in [-0.15, -0.1) is 24.0 Å². The van der Waals surface area contributed by atoms with Gasteiger partial charge in [0.05, 0.1) is 26.0 Å². The number of furan rings is 1. The van der Waals surface area contributed by atoms with Gasteiger partial charge in [0, 0.05) is 6.54 Å². The molecule has 24 heavy (non-hydrogen) atoms. The minimum atomic E-state index is 0. The van der Waals surface area contributed by atoms with Gasteiger partial charge < -0.3 is 19.8 Å². The summed E-state index contributed by atoms with van der Waals surface area (Å²) in [5.41, 5.74) is 2.29. The molecule has 0 aliphatic carbocycles. The number of nitrogens with one attached hydrogen (secondary N) is 2. The summed E-state index contributed by atoms with van der Waals surface area (Å²) in [4.78, 5) is 4.61. The van der Waals surface area contributed by atoms with E-state index in [1.165, 1.54) is 0 Å². The first kappa shape index (κ1) is 20.3. The lowest BCUT2D eigenvalue weighted by atomic mass is 10.1. The molecule has 0 unspecified atom stereocenters. The summed E-state index contributed by atoms with van der Waals surface area (Å²) >= 11 is 0. The lowest BCUT2D eigenvalue weighted by molar-refractivity contribution is 0.338. The molecule has 0 saturated heterocycles. The quantitative estimate of drug-likeness (QED) is 0.388. The van der Waals surface area contributed by atoms with Gasteiger partial charge in [0.1, 0.15) is 11.5 Å². The van der Waals surface area contributed by atoms with E-state index in [9.17, 15) is 0 Å². The highest BCUT2D eigenvalue weighted by Crippen LogP contribution is 2.19. The molecule has 0 aliphatic heterocycles. The maximum Gasteiger partial charge on any atom is 0.191 e. The SMILES string of the molecule is CCNC(=NCc1ccc(OCC)c(C)c1)NCc1ccco1.I. The predicted molar refractivity (Wildman–Crippen MR) is 108 cm³/mol. The zero-order chi connectivity index (χ0) is 16.5. The maximum atomic E-state index is 5.56. The lowest BCUT2D eigenvalue weighted by Gasteiger charge is -2.11. The van der Waals surface area contributed by atoms with Gasteiger partial charge in [0.2, 0.25) is 0 Å². The molecule has 0 radical (unpaired) electrons. The number of nitrogens with zero attached hydrogens (tertiary/aromatic N) is 1. The summed E-state index contributed by atoms with van der Waals surface area (Å²) in [5.74, 6) is 2.59. The predicted octanol–water partition coefficient (Wildman–Crippen LogP) is 3.86. The van der Waals surface area contributed by atoms with Crippen molar-refractivity contribution in [1.82, 2.24) is 10.6 Å². The standard InChI is InChI=1S/C18H25N3O2.HI/c1-4-19-18(21-13-16-7-6-10-23-16)20-12-15-8-9-17(22-5-2)14(3)11-15;/h6-11H,4-5,12-13H2,1-3H3,(H2,19,20,21);1H. The first-order valence-electron chi connectivity index (χ1n) is 7.99. The fourth-order valence-electron chi connectivity index (χ4n) is 2.22. The van der Waals surface area contributed by atoms with E-state index in [0.29, 0.717) is 19.7 Å². The molecule has 2 N–H and O–H groups in total. The van der Waals surface area contributed by atoms with Gasteiger partial charge in [-0.25, -0.2) is 4.99 Å². The number of hydrogen-bond acceptors (Lipinski definition) is 3. The number of hydrogen-bond donors (Lipinski definition) is 2. The van der Waals surface area contributed by atoms with E-state index in [4.69, 9.17) is 9.15 Å². The molecule has 1 aromatic carbocycles. The largest absolute Gasteiger partial charge is 0.494 e. The lowest BCUT2D eigenvalue weighted by Crippen LogP contribution is -2.36. The normalized spacial score (nSPS) is 10.9. The molecule has 0 atom stereocenters. The average Bonchev–Trinajstić information content (AvgIpc) is 3.06. The van der Waals surface area contributed by atoms with Crippen LogP contribution in [0.1, 0.15) is 30.7 Å². The number of halogens is 1. The highest BCUT2D eigenvalue weighted by atomic mass is 127. The third-order valence-corrected chi connectivity index (χ3v) is 3.31. The number of guanidine groups is 1. The van der Waals surface area contributed by atoms with Crippen molar-refractivity contribution in [2.24, 2.45) is 4.99 Å². The molecule has 0 fully saturated rings. The molecule has 1 heterocycles. The Kier molecular flexibility index (Phi) is 9.29. The van der Waals surface area contributed by atoms with Gasteiger partial charge in [-0.3, -0.25) is 0 Å². The van der Waals surface area contributed by atoms with Crippen LogP contribution < -0.4 is 15.4 Å². The average molecular weight is 443 g/mol. The van der Waals surface area contributed by atoms with Gasteiger partial charge in [-0.1, -0.05) is 12.1 Å². The Bertz CT molecular complexity index is 627. The fourth-order valence-corrected chi connectivity index (χ4v) is 2.22. The Balaban J connectivity index is 0.00000288. The molecule has 0 spiro atoms. The second kappa shape index (κ2) is 11.0. The van der Waals surface area contributed by atoms with Gasteiger partial charge >= 0.3 is 0 Å². The summed E-state index contributed by atoms with van der Waals surface area (Å²) in [6.07, 6.45) is 1.67. The van der Waals surface area contributed by atoms with Crippen LogP contribution in [0.4, 0.5) is 0 Å². The van der Waals surface area contributed by atoms with Crippen molar-refractivity contribution in [1.29, 1.82) is 0 Å². The summed E-state index contributed by atoms with van der Waals surface area (Å²) in [6.45, 7) is 8.81. The molecular formula is C18H26IN3O2. The third kappa shape index (κ3) is 6.43. The minimum absolute atomic E-state index is 0. The minimum Gasteiger partial charge on any atom is -0.494 e. The van der Waals surface area contributed by atoms with Crippen LogP contribution in [0.5, 0.6) is 5.75 Å². The zero-order valence-electron chi connectivity index (χ0n) is 14.5. The van der Waals surface area contributed by atoms with Crippen LogP contribution >= 0.6 is 24.0 Å². The molecule has 0 bridgehead atoms. The Hall–Kier alpha value is -1.70. The van der Waals surface area contributed by atoms with Crippen molar-refractivity contribution in [2.75, 3.05) is 13.2 Å². The van der Waals surface area contributed by atoms with Crippen LogP contribution in [0.15, 0.2) is 46.0 Å². The number of aliphatic imine (C=N–C) groups is 1. The monoisotopic (exact) mass is 443 g/mol. The van der Waals surface area contributed by atoms with Crippen molar-refractivity contribution < 1.29 is 9.15 Å². The summed E-state index contributed by atoms with van der Waals surface area (Å²) in [5, 5.41) is 6.49. The van der Waals surface area contributed by atoms with Crippen molar-refractivity contribution in [3.63, 3.8) is 0 Å². The molecule has 132 valence electrons. The van der Waals surface area contributed by atoms with E-state index >= 15 is 0 Å². The summed E-state index contributed by atoms with van der Waals surface area (Å²) in [7, 11) is 0. The summed E-state index contributed by atoms with van der Waals surface area (Å²) < 4.78 is 10.9. The molecule has 0 saturated carbocycles. The Morgan fingerprint density at radius 2 is 2.04 bits per heavy atom. The smallest absolute Gasteiger partial charge is 0.191 e. The number of rotatable bonds is 7. The number of aryl methyl sites for hydroxylation is 1. The number of ether oxygens (including phenoxy) is 1. The fraction of sp³-hybridized carbons (Fsp3) is 0.389. The van der Waals surface area contributed by atoms with Gasteiger partial charge in [-0.2, -0.15) is 0 Å². The molecule has 2 aromatic rings. The highest BCUT2D eigenvalue weighted by molar-refractivity contribution is 14.0. The summed E-state index contributed by atoms with van der Waals surface area (Å²) in [6, 6.07) is 9.99. The molecule has 2 rings (SSSR count). The highest BCUT2D eigenvalue weighted by Gasteiger charge is 2.02. The zero-order valence-corrected chi connectivity index (χ0v) is 16.8. The Morgan fingerprint density at radius 1 is 1.21 bits per heavy atom. The molecule has 5 nitrogen and oxygen atoms in total. The topological polar surface area (TPSA) is 58.8 Å². The first-order valence-corrected chi connectivity index (χ1v) is 7.99. The van der Waals surface area contributed by atoms with Gasteiger partial charge in [0.15, 0.2) is 5.96 Å². The van der Waals surface area contributed by atoms with Gasteiger partial charge in [-0.05, 0) is 50.1 Å². The van der Waals surface area contributed by atoms with Crippen molar-refractivity contribution >= 4 is 29.9 Å². The Morgan fingerprint density at radius 3 is 2.67 bits per heavy atom. The van der Waals surface area contributed by atoms with Crippen molar-refractivity contribution in [3.05, 3.63) is 53.5 Å². The van der Waals surface area contributed by atoms with E-state index in [2.05, 4.69) is 34.7 Å². The van der Waals surface area contributed by atoms with E-state index in [1.54, 1.807) is 6.26 Å². The van der Waals surface area contributed by atoms with Crippen LogP contribution in [0.2, 0.25) is 0 Å². The molecule has 1 aromatic heterocycles. The van der Waals surface area contributed by atoms with Crippen LogP contribution in [0.3, 0.4) is 0 Å². The number of benzene rings is 1. The van der Waals surface area contributed by atoms with Crippen LogP contribution in [-0.4, -0.2) is 19.1 Å². The third-order valence-electron chi connectivity index (χ3n) is 3.31. The first-order chi connectivity index (χ1) is 11.2. The molecule has 6 heteroatoms. The van der Waals surface area contributed by atoms with Crippen LogP contribution in [0, 0.1) is 6.92 Å². The van der Waals surface area contributed by atoms with E-state index in [0.717, 1.165) is 35.1 Å². The Labute approximate surface area is 160 Å². The molecule has 0 aliphatic rings. The van der Waals surface area contributed by atoms with Crippen LogP contribution in [-0.2, 0) is 13.1 Å². The van der Waals surface area contributed by atoms with Crippen molar-refractivity contribution in [3.8, 4) is 5.75 Å².